The minimum Gasteiger partial charge on any atom is -0.316 e. The Labute approximate surface area is 98.6 Å². The number of hydrogen-bond acceptors (Lipinski definition) is 1. The van der Waals surface area contributed by atoms with Crippen molar-refractivity contribution >= 4 is 0 Å². The second kappa shape index (κ2) is 5.31. The zero-order chi connectivity index (χ0) is 11.4. The van der Waals surface area contributed by atoms with Gasteiger partial charge in [-0.3, -0.25) is 0 Å². The van der Waals surface area contributed by atoms with Gasteiger partial charge in [-0.15, -0.1) is 0 Å². The van der Waals surface area contributed by atoms with Gasteiger partial charge in [-0.25, -0.2) is 0 Å². The highest BCUT2D eigenvalue weighted by molar-refractivity contribution is 5.24. The van der Waals surface area contributed by atoms with Gasteiger partial charge >= 0.3 is 0 Å². The Morgan fingerprint density at radius 1 is 1.25 bits per heavy atom. The predicted molar refractivity (Wildman–Crippen MR) is 69.4 cm³/mol. The van der Waals surface area contributed by atoms with Crippen LogP contribution in [0, 0.1) is 5.92 Å². The molecule has 0 saturated heterocycles. The summed E-state index contributed by atoms with van der Waals surface area (Å²) in [4.78, 5) is 0. The van der Waals surface area contributed by atoms with Gasteiger partial charge in [-0.05, 0) is 49.8 Å². The number of rotatable bonds is 4. The summed E-state index contributed by atoms with van der Waals surface area (Å²) in [6.45, 7) is 5.12. The third-order valence-corrected chi connectivity index (χ3v) is 3.51. The first-order valence-corrected chi connectivity index (χ1v) is 6.19. The molecule has 0 radical (unpaired) electrons. The molecule has 16 heavy (non-hydrogen) atoms. The smallest absolute Gasteiger partial charge is 0.0202 e. The summed E-state index contributed by atoms with van der Waals surface area (Å²) in [5.74, 6) is 0.732. The van der Waals surface area contributed by atoms with Crippen molar-refractivity contribution in [2.75, 3.05) is 7.05 Å². The molecule has 1 heteroatoms. The van der Waals surface area contributed by atoms with Crippen LogP contribution in [0.1, 0.15) is 30.4 Å². The summed E-state index contributed by atoms with van der Waals surface area (Å²) >= 11 is 0. The molecule has 0 aliphatic heterocycles. The minimum atomic E-state index is 0.732. The van der Waals surface area contributed by atoms with E-state index in [4.69, 9.17) is 0 Å². The molecule has 1 aliphatic rings. The standard InChI is InChI=1S/C15H21N/c1-12-4-3-5-15(12)10-13-6-8-14(9-7-13)11-16-2/h6-9,15-16H,1,3-5,10-11H2,2H3. The molecule has 1 aromatic carbocycles. The van der Waals surface area contributed by atoms with Crippen LogP contribution in [0.4, 0.5) is 0 Å². The third kappa shape index (κ3) is 2.73. The molecule has 1 saturated carbocycles. The molecule has 1 N–H and O–H groups in total. The average molecular weight is 215 g/mol. The van der Waals surface area contributed by atoms with E-state index in [0.717, 1.165) is 12.5 Å². The fraction of sp³-hybridized carbons (Fsp3) is 0.467. The number of benzene rings is 1. The first-order valence-electron chi connectivity index (χ1n) is 6.19. The lowest BCUT2D eigenvalue weighted by atomic mass is 9.95. The van der Waals surface area contributed by atoms with Crippen LogP contribution in [0.2, 0.25) is 0 Å². The summed E-state index contributed by atoms with van der Waals surface area (Å²) in [6, 6.07) is 8.98. The van der Waals surface area contributed by atoms with Crippen molar-refractivity contribution in [1.29, 1.82) is 0 Å². The third-order valence-electron chi connectivity index (χ3n) is 3.51. The normalized spacial score (nSPS) is 20.3. The summed E-state index contributed by atoms with van der Waals surface area (Å²) < 4.78 is 0. The van der Waals surface area contributed by atoms with Gasteiger partial charge in [0.15, 0.2) is 0 Å². The lowest BCUT2D eigenvalue weighted by Gasteiger charge is -2.11. The van der Waals surface area contributed by atoms with Crippen molar-refractivity contribution in [3.63, 3.8) is 0 Å². The maximum absolute atomic E-state index is 4.17. The largest absolute Gasteiger partial charge is 0.316 e. The highest BCUT2D eigenvalue weighted by atomic mass is 14.8. The molecule has 1 unspecified atom stereocenters. The molecule has 0 aromatic heterocycles. The van der Waals surface area contributed by atoms with Crippen LogP contribution in [-0.4, -0.2) is 7.05 Å². The van der Waals surface area contributed by atoms with Crippen LogP contribution >= 0.6 is 0 Å². The maximum atomic E-state index is 4.17. The van der Waals surface area contributed by atoms with Gasteiger partial charge < -0.3 is 5.32 Å². The van der Waals surface area contributed by atoms with Crippen LogP contribution in [0.3, 0.4) is 0 Å². The van der Waals surface area contributed by atoms with Crippen molar-refractivity contribution in [2.45, 2.75) is 32.2 Å². The van der Waals surface area contributed by atoms with E-state index in [1.807, 2.05) is 7.05 Å². The van der Waals surface area contributed by atoms with Crippen molar-refractivity contribution in [3.8, 4) is 0 Å². The Balaban J connectivity index is 1.96. The Hall–Kier alpha value is -1.08. The van der Waals surface area contributed by atoms with Crippen molar-refractivity contribution in [3.05, 3.63) is 47.5 Å². The van der Waals surface area contributed by atoms with Crippen LogP contribution in [-0.2, 0) is 13.0 Å². The molecule has 0 bridgehead atoms. The van der Waals surface area contributed by atoms with Gasteiger partial charge in [0.05, 0.1) is 0 Å². The molecule has 1 nitrogen and oxygen atoms in total. The van der Waals surface area contributed by atoms with Gasteiger partial charge in [0.2, 0.25) is 0 Å². The first kappa shape index (κ1) is 11.4. The number of hydrogen-bond donors (Lipinski definition) is 1. The summed E-state index contributed by atoms with van der Waals surface area (Å²) in [5.41, 5.74) is 4.27. The molecule has 0 heterocycles. The molecule has 86 valence electrons. The molecule has 1 aliphatic carbocycles. The zero-order valence-corrected chi connectivity index (χ0v) is 10.1. The van der Waals surface area contributed by atoms with Crippen molar-refractivity contribution in [1.82, 2.24) is 5.32 Å². The second-order valence-corrected chi connectivity index (χ2v) is 4.80. The van der Waals surface area contributed by atoms with E-state index < -0.39 is 0 Å². The molecule has 1 atom stereocenters. The molecular weight excluding hydrogens is 194 g/mol. The van der Waals surface area contributed by atoms with Crippen LogP contribution < -0.4 is 5.32 Å². The highest BCUT2D eigenvalue weighted by Gasteiger charge is 2.18. The van der Waals surface area contributed by atoms with Gasteiger partial charge in [-0.1, -0.05) is 36.4 Å². The minimum absolute atomic E-state index is 0.732. The lowest BCUT2D eigenvalue weighted by molar-refractivity contribution is 0.625. The molecule has 0 spiro atoms. The lowest BCUT2D eigenvalue weighted by Crippen LogP contribution is -2.05. The zero-order valence-electron chi connectivity index (χ0n) is 10.1. The van der Waals surface area contributed by atoms with E-state index in [1.54, 1.807) is 0 Å². The average Bonchev–Trinajstić information content (AvgIpc) is 2.68. The van der Waals surface area contributed by atoms with Gasteiger partial charge in [-0.2, -0.15) is 0 Å². The number of allylic oxidation sites excluding steroid dienone is 1. The number of nitrogens with one attached hydrogen (secondary N) is 1. The molecule has 1 aromatic rings. The maximum Gasteiger partial charge on any atom is 0.0202 e. The Morgan fingerprint density at radius 2 is 1.94 bits per heavy atom. The van der Waals surface area contributed by atoms with E-state index in [1.165, 1.54) is 42.4 Å². The van der Waals surface area contributed by atoms with E-state index in [0.29, 0.717) is 0 Å². The fourth-order valence-corrected chi connectivity index (χ4v) is 2.51. The van der Waals surface area contributed by atoms with E-state index >= 15 is 0 Å². The van der Waals surface area contributed by atoms with E-state index in [-0.39, 0.29) is 0 Å². The molecular formula is C15H21N. The fourth-order valence-electron chi connectivity index (χ4n) is 2.51. The van der Waals surface area contributed by atoms with Crippen LogP contribution in [0.5, 0.6) is 0 Å². The van der Waals surface area contributed by atoms with Crippen molar-refractivity contribution < 1.29 is 0 Å². The summed E-state index contributed by atoms with van der Waals surface area (Å²) in [5, 5.41) is 3.17. The Kier molecular flexibility index (Phi) is 3.79. The van der Waals surface area contributed by atoms with Gasteiger partial charge in [0.25, 0.3) is 0 Å². The Morgan fingerprint density at radius 3 is 2.50 bits per heavy atom. The van der Waals surface area contributed by atoms with E-state index in [9.17, 15) is 0 Å². The molecule has 1 fully saturated rings. The van der Waals surface area contributed by atoms with E-state index in [2.05, 4.69) is 36.2 Å². The SMILES string of the molecule is C=C1CCCC1Cc1ccc(CNC)cc1. The van der Waals surface area contributed by atoms with Gasteiger partial charge in [0.1, 0.15) is 0 Å². The summed E-state index contributed by atoms with van der Waals surface area (Å²) in [7, 11) is 1.98. The van der Waals surface area contributed by atoms with Crippen LogP contribution in [0.15, 0.2) is 36.4 Å². The Bertz CT molecular complexity index is 350. The second-order valence-electron chi connectivity index (χ2n) is 4.80. The summed E-state index contributed by atoms with van der Waals surface area (Å²) in [6.07, 6.45) is 5.08. The predicted octanol–water partition coefficient (Wildman–Crippen LogP) is 3.30. The van der Waals surface area contributed by atoms with Crippen LogP contribution in [0.25, 0.3) is 0 Å². The highest BCUT2D eigenvalue weighted by Crippen LogP contribution is 2.32. The topological polar surface area (TPSA) is 12.0 Å². The molecule has 2 rings (SSSR count). The monoisotopic (exact) mass is 215 g/mol. The quantitative estimate of drug-likeness (QED) is 0.760. The first-order chi connectivity index (χ1) is 7.79. The molecule has 0 amide bonds. The van der Waals surface area contributed by atoms with Crippen molar-refractivity contribution in [2.24, 2.45) is 5.92 Å². The van der Waals surface area contributed by atoms with Gasteiger partial charge in [0, 0.05) is 6.54 Å².